The number of ether oxygens (including phenoxy) is 1. The van der Waals surface area contributed by atoms with Crippen LogP contribution in [0.4, 0.5) is 18.9 Å². The molecule has 1 aromatic heterocycles. The SMILES string of the molecule is COc1ccc(-c2onc3c2CCC3)cc1NC(=O)c1ccc(SC(F)(F)F)cc1. The third-order valence-electron chi connectivity index (χ3n) is 4.77. The van der Waals surface area contributed by atoms with Gasteiger partial charge in [-0.05, 0) is 73.5 Å². The van der Waals surface area contributed by atoms with Gasteiger partial charge < -0.3 is 14.6 Å². The summed E-state index contributed by atoms with van der Waals surface area (Å²) in [5.74, 6) is 0.665. The lowest BCUT2D eigenvalue weighted by Crippen LogP contribution is -2.12. The van der Waals surface area contributed by atoms with Gasteiger partial charge >= 0.3 is 5.51 Å². The molecular formula is C21H17F3N2O3S. The van der Waals surface area contributed by atoms with Crippen molar-refractivity contribution in [3.63, 3.8) is 0 Å². The quantitative estimate of drug-likeness (QED) is 0.522. The molecule has 30 heavy (non-hydrogen) atoms. The first-order valence-corrected chi connectivity index (χ1v) is 9.99. The molecule has 3 aromatic rings. The number of alkyl halides is 3. The van der Waals surface area contributed by atoms with Gasteiger partial charge in [0.25, 0.3) is 5.91 Å². The molecule has 0 spiro atoms. The molecule has 5 nitrogen and oxygen atoms in total. The van der Waals surface area contributed by atoms with E-state index in [0.717, 1.165) is 36.1 Å². The second kappa shape index (κ2) is 8.06. The first-order chi connectivity index (χ1) is 14.3. The topological polar surface area (TPSA) is 64.4 Å². The minimum Gasteiger partial charge on any atom is -0.495 e. The van der Waals surface area contributed by atoms with E-state index in [4.69, 9.17) is 9.26 Å². The lowest BCUT2D eigenvalue weighted by atomic mass is 10.1. The van der Waals surface area contributed by atoms with Crippen molar-refractivity contribution in [1.29, 1.82) is 0 Å². The number of halogens is 3. The van der Waals surface area contributed by atoms with Crippen LogP contribution in [0, 0.1) is 0 Å². The number of fused-ring (bicyclic) bond motifs is 1. The zero-order chi connectivity index (χ0) is 21.3. The van der Waals surface area contributed by atoms with Crippen molar-refractivity contribution >= 4 is 23.4 Å². The highest BCUT2D eigenvalue weighted by Crippen LogP contribution is 2.38. The summed E-state index contributed by atoms with van der Waals surface area (Å²) in [5, 5.41) is 6.87. The van der Waals surface area contributed by atoms with Gasteiger partial charge in [-0.3, -0.25) is 4.79 Å². The predicted molar refractivity (Wildman–Crippen MR) is 107 cm³/mol. The van der Waals surface area contributed by atoms with E-state index in [-0.39, 0.29) is 22.2 Å². The molecule has 1 N–H and O–H groups in total. The van der Waals surface area contributed by atoms with Crippen LogP contribution < -0.4 is 10.1 Å². The van der Waals surface area contributed by atoms with Crippen LogP contribution in [0.5, 0.6) is 5.75 Å². The van der Waals surface area contributed by atoms with Crippen LogP contribution in [0.1, 0.15) is 28.0 Å². The van der Waals surface area contributed by atoms with Gasteiger partial charge in [0.15, 0.2) is 5.76 Å². The molecule has 0 saturated heterocycles. The van der Waals surface area contributed by atoms with Crippen molar-refractivity contribution in [2.75, 3.05) is 12.4 Å². The summed E-state index contributed by atoms with van der Waals surface area (Å²) in [4.78, 5) is 12.6. The number of thioether (sulfide) groups is 1. The first kappa shape index (κ1) is 20.3. The average molecular weight is 434 g/mol. The van der Waals surface area contributed by atoms with Crippen molar-refractivity contribution in [2.24, 2.45) is 0 Å². The highest BCUT2D eigenvalue weighted by atomic mass is 32.2. The fraction of sp³-hybridized carbons (Fsp3) is 0.238. The number of nitrogens with zero attached hydrogens (tertiary/aromatic N) is 1. The van der Waals surface area contributed by atoms with E-state index >= 15 is 0 Å². The number of anilines is 1. The predicted octanol–water partition coefficient (Wildman–Crippen LogP) is 5.70. The van der Waals surface area contributed by atoms with E-state index in [1.165, 1.54) is 31.4 Å². The Morgan fingerprint density at radius 1 is 1.17 bits per heavy atom. The number of rotatable bonds is 5. The summed E-state index contributed by atoms with van der Waals surface area (Å²) >= 11 is -0.227. The van der Waals surface area contributed by atoms with Gasteiger partial charge in [0, 0.05) is 21.6 Å². The van der Waals surface area contributed by atoms with Crippen LogP contribution in [-0.4, -0.2) is 23.7 Å². The van der Waals surface area contributed by atoms with E-state index in [9.17, 15) is 18.0 Å². The lowest BCUT2D eigenvalue weighted by Gasteiger charge is -2.12. The van der Waals surface area contributed by atoms with Crippen molar-refractivity contribution in [1.82, 2.24) is 5.16 Å². The Labute approximate surface area is 174 Å². The molecular weight excluding hydrogens is 417 g/mol. The van der Waals surface area contributed by atoms with Crippen LogP contribution in [0.2, 0.25) is 0 Å². The maximum atomic E-state index is 12.6. The van der Waals surface area contributed by atoms with Gasteiger partial charge in [0.1, 0.15) is 5.75 Å². The molecule has 156 valence electrons. The Balaban J connectivity index is 1.56. The van der Waals surface area contributed by atoms with E-state index in [1.807, 2.05) is 6.07 Å². The number of hydrogen-bond acceptors (Lipinski definition) is 5. The summed E-state index contributed by atoms with van der Waals surface area (Å²) in [6.07, 6.45) is 2.81. The molecule has 9 heteroatoms. The van der Waals surface area contributed by atoms with E-state index in [0.29, 0.717) is 17.2 Å². The minimum atomic E-state index is -4.38. The van der Waals surface area contributed by atoms with Crippen molar-refractivity contribution in [3.8, 4) is 17.1 Å². The Morgan fingerprint density at radius 2 is 1.93 bits per heavy atom. The van der Waals surface area contributed by atoms with E-state index in [1.54, 1.807) is 12.1 Å². The van der Waals surface area contributed by atoms with Crippen LogP contribution in [0.15, 0.2) is 51.9 Å². The van der Waals surface area contributed by atoms with Gasteiger partial charge in [0.05, 0.1) is 18.5 Å². The van der Waals surface area contributed by atoms with Crippen LogP contribution >= 0.6 is 11.8 Å². The second-order valence-corrected chi connectivity index (χ2v) is 7.87. The number of nitrogens with one attached hydrogen (secondary N) is 1. The number of carbonyl (C=O) groups is 1. The van der Waals surface area contributed by atoms with E-state index in [2.05, 4.69) is 10.5 Å². The Bertz CT molecular complexity index is 1080. The number of hydrogen-bond donors (Lipinski definition) is 1. The summed E-state index contributed by atoms with van der Waals surface area (Å²) in [5.41, 5.74) is -0.915. The normalized spacial score (nSPS) is 13.2. The molecule has 0 aliphatic heterocycles. The van der Waals surface area contributed by atoms with Crippen molar-refractivity contribution < 1.29 is 27.2 Å². The Kier molecular flexibility index (Phi) is 5.46. The molecule has 4 rings (SSSR count). The molecule has 0 bridgehead atoms. The van der Waals surface area contributed by atoms with Crippen molar-refractivity contribution in [3.05, 3.63) is 59.3 Å². The number of benzene rings is 2. The summed E-state index contributed by atoms with van der Waals surface area (Å²) in [6.45, 7) is 0. The highest BCUT2D eigenvalue weighted by Gasteiger charge is 2.29. The molecule has 0 saturated carbocycles. The van der Waals surface area contributed by atoms with Crippen molar-refractivity contribution in [2.45, 2.75) is 29.7 Å². The summed E-state index contributed by atoms with van der Waals surface area (Å²) < 4.78 is 48.2. The second-order valence-electron chi connectivity index (χ2n) is 6.73. The number of aryl methyl sites for hydroxylation is 1. The number of methoxy groups -OCH3 is 1. The average Bonchev–Trinajstić information content (AvgIpc) is 3.31. The molecule has 1 aliphatic rings. The summed E-state index contributed by atoms with van der Waals surface area (Å²) in [7, 11) is 1.49. The lowest BCUT2D eigenvalue weighted by molar-refractivity contribution is -0.0328. The minimum absolute atomic E-state index is 0.0119. The number of carbonyl (C=O) groups excluding carboxylic acids is 1. The molecule has 2 aromatic carbocycles. The Morgan fingerprint density at radius 3 is 2.63 bits per heavy atom. The Hall–Kier alpha value is -2.94. The first-order valence-electron chi connectivity index (χ1n) is 9.17. The molecule has 1 heterocycles. The number of aromatic nitrogens is 1. The van der Waals surface area contributed by atoms with Gasteiger partial charge in [-0.2, -0.15) is 13.2 Å². The fourth-order valence-electron chi connectivity index (χ4n) is 3.41. The molecule has 0 fully saturated rings. The smallest absolute Gasteiger partial charge is 0.446 e. The van der Waals surface area contributed by atoms with Gasteiger partial charge in [-0.1, -0.05) is 5.16 Å². The molecule has 1 amide bonds. The standard InChI is InChI=1S/C21H17F3N2O3S/c1-28-18-10-7-13(19-15-3-2-4-16(15)26-29-19)11-17(18)25-20(27)12-5-8-14(9-6-12)30-21(22,23)24/h5-11H,2-4H2,1H3,(H,25,27). The van der Waals surface area contributed by atoms with Crippen LogP contribution in [0.3, 0.4) is 0 Å². The largest absolute Gasteiger partial charge is 0.495 e. The molecule has 1 aliphatic carbocycles. The zero-order valence-corrected chi connectivity index (χ0v) is 16.7. The molecule has 0 radical (unpaired) electrons. The van der Waals surface area contributed by atoms with Gasteiger partial charge in [-0.25, -0.2) is 0 Å². The number of amides is 1. The third kappa shape index (κ3) is 4.30. The fourth-order valence-corrected chi connectivity index (χ4v) is 3.94. The van der Waals surface area contributed by atoms with E-state index < -0.39 is 11.4 Å². The van der Waals surface area contributed by atoms with Crippen LogP contribution in [0.25, 0.3) is 11.3 Å². The van der Waals surface area contributed by atoms with Gasteiger partial charge in [0.2, 0.25) is 0 Å². The molecule has 0 unspecified atom stereocenters. The monoisotopic (exact) mass is 434 g/mol. The third-order valence-corrected chi connectivity index (χ3v) is 5.51. The molecule has 0 atom stereocenters. The van der Waals surface area contributed by atoms with Crippen LogP contribution in [-0.2, 0) is 12.8 Å². The zero-order valence-electron chi connectivity index (χ0n) is 15.9. The summed E-state index contributed by atoms with van der Waals surface area (Å²) in [6, 6.07) is 10.5. The highest BCUT2D eigenvalue weighted by molar-refractivity contribution is 8.00. The maximum absolute atomic E-state index is 12.6. The maximum Gasteiger partial charge on any atom is 0.446 e. The van der Waals surface area contributed by atoms with Gasteiger partial charge in [-0.15, -0.1) is 0 Å².